The van der Waals surface area contributed by atoms with Crippen molar-refractivity contribution in [1.29, 1.82) is 0 Å². The van der Waals surface area contributed by atoms with E-state index in [9.17, 15) is 17.2 Å². The minimum atomic E-state index is -2.98. The van der Waals surface area contributed by atoms with Gasteiger partial charge in [0.2, 0.25) is 0 Å². The number of benzene rings is 1. The summed E-state index contributed by atoms with van der Waals surface area (Å²) >= 11 is 0.409. The van der Waals surface area contributed by atoms with E-state index < -0.39 is 15.6 Å². The predicted molar refractivity (Wildman–Crippen MR) is 86.4 cm³/mol. The van der Waals surface area contributed by atoms with Gasteiger partial charge in [-0.15, -0.1) is 0 Å². The minimum Gasteiger partial charge on any atom is -0.305 e. The number of thioether (sulfide) groups is 1. The van der Waals surface area contributed by atoms with Crippen LogP contribution in [0.1, 0.15) is 6.42 Å². The molecule has 0 saturated carbocycles. The Bertz CT molecular complexity index is 807. The molecule has 1 fully saturated rings. The summed E-state index contributed by atoms with van der Waals surface area (Å²) < 4.78 is 50.5. The second kappa shape index (κ2) is 6.37. The molecular formula is C14H17F2N3O2S2. The highest BCUT2D eigenvalue weighted by Crippen LogP contribution is 2.29. The van der Waals surface area contributed by atoms with Gasteiger partial charge >= 0.3 is 0 Å². The standard InChI is InChI=1S/C14H17F2N3O2S2/c1-18(10-6-7-23(20,21)8-10)9-19-12-5-3-2-4-11(12)17-14(19)22-13(15)16/h2-5,10,13H,6-9H2,1H3. The van der Waals surface area contributed by atoms with Gasteiger partial charge in [-0.25, -0.2) is 13.4 Å². The van der Waals surface area contributed by atoms with Crippen molar-refractivity contribution >= 4 is 32.6 Å². The maximum atomic E-state index is 12.8. The highest BCUT2D eigenvalue weighted by Gasteiger charge is 2.31. The van der Waals surface area contributed by atoms with E-state index in [1.165, 1.54) is 0 Å². The van der Waals surface area contributed by atoms with Crippen molar-refractivity contribution in [2.45, 2.75) is 30.0 Å². The van der Waals surface area contributed by atoms with E-state index in [1.807, 2.05) is 30.1 Å². The Hall–Kier alpha value is -1.19. The summed E-state index contributed by atoms with van der Waals surface area (Å²) in [5, 5.41) is 0.244. The SMILES string of the molecule is CN(Cn1c(SC(F)F)nc2ccccc21)C1CCS(=O)(=O)C1. The van der Waals surface area contributed by atoms with Gasteiger partial charge in [0, 0.05) is 6.04 Å². The van der Waals surface area contributed by atoms with Crippen molar-refractivity contribution in [1.82, 2.24) is 14.5 Å². The molecule has 1 aromatic heterocycles. The predicted octanol–water partition coefficient (Wildman–Crippen LogP) is 2.43. The largest absolute Gasteiger partial charge is 0.305 e. The third-order valence-electron chi connectivity index (χ3n) is 4.01. The van der Waals surface area contributed by atoms with Crippen LogP contribution in [0, 0.1) is 0 Å². The number of para-hydroxylation sites is 2. The van der Waals surface area contributed by atoms with Crippen molar-refractivity contribution < 1.29 is 17.2 Å². The quantitative estimate of drug-likeness (QED) is 0.766. The highest BCUT2D eigenvalue weighted by molar-refractivity contribution is 7.99. The third kappa shape index (κ3) is 3.67. The van der Waals surface area contributed by atoms with Crippen molar-refractivity contribution in [2.24, 2.45) is 0 Å². The first-order valence-corrected chi connectivity index (χ1v) is 9.86. The molecule has 1 saturated heterocycles. The molecule has 1 aliphatic heterocycles. The van der Waals surface area contributed by atoms with Gasteiger partial charge in [-0.3, -0.25) is 4.90 Å². The van der Waals surface area contributed by atoms with Crippen LogP contribution in [-0.2, 0) is 16.5 Å². The van der Waals surface area contributed by atoms with E-state index in [0.29, 0.717) is 30.4 Å². The van der Waals surface area contributed by atoms with Gasteiger partial charge in [-0.1, -0.05) is 12.1 Å². The summed E-state index contributed by atoms with van der Waals surface area (Å²) in [6.45, 7) is 0.329. The number of aromatic nitrogens is 2. The number of rotatable bonds is 5. The Balaban J connectivity index is 1.89. The summed E-state index contributed by atoms with van der Waals surface area (Å²) in [4.78, 5) is 6.16. The second-order valence-corrected chi connectivity index (χ2v) is 8.83. The van der Waals surface area contributed by atoms with Gasteiger partial charge in [0.25, 0.3) is 5.76 Å². The van der Waals surface area contributed by atoms with Crippen molar-refractivity contribution in [3.05, 3.63) is 24.3 Å². The molecule has 3 rings (SSSR count). The van der Waals surface area contributed by atoms with Crippen molar-refractivity contribution in [2.75, 3.05) is 18.6 Å². The number of hydrogen-bond donors (Lipinski definition) is 0. The molecule has 1 unspecified atom stereocenters. The molecule has 0 radical (unpaired) electrons. The van der Waals surface area contributed by atoms with E-state index in [-0.39, 0.29) is 22.7 Å². The van der Waals surface area contributed by atoms with Gasteiger partial charge in [0.15, 0.2) is 15.0 Å². The molecule has 0 amide bonds. The summed E-state index contributed by atoms with van der Waals surface area (Å²) in [5.74, 6) is -2.25. The smallest absolute Gasteiger partial charge is 0.291 e. The first kappa shape index (κ1) is 16.7. The Morgan fingerprint density at radius 1 is 1.43 bits per heavy atom. The maximum Gasteiger partial charge on any atom is 0.291 e. The van der Waals surface area contributed by atoms with Gasteiger partial charge in [0.1, 0.15) is 0 Å². The van der Waals surface area contributed by atoms with E-state index in [2.05, 4.69) is 4.98 Å². The molecule has 1 aromatic carbocycles. The topological polar surface area (TPSA) is 55.2 Å². The van der Waals surface area contributed by atoms with Crippen molar-refractivity contribution in [3.8, 4) is 0 Å². The molecule has 0 N–H and O–H groups in total. The van der Waals surface area contributed by atoms with Crippen LogP contribution < -0.4 is 0 Å². The van der Waals surface area contributed by atoms with Crippen LogP contribution in [-0.4, -0.2) is 53.2 Å². The summed E-state index contributed by atoms with van der Waals surface area (Å²) in [6, 6.07) is 7.16. The minimum absolute atomic E-state index is 0.0921. The first-order valence-electron chi connectivity index (χ1n) is 7.16. The molecule has 1 atom stereocenters. The number of nitrogens with zero attached hydrogens (tertiary/aromatic N) is 3. The van der Waals surface area contributed by atoms with Gasteiger partial charge in [0.05, 0.1) is 29.2 Å². The zero-order valence-corrected chi connectivity index (χ0v) is 14.2. The van der Waals surface area contributed by atoms with Crippen LogP contribution >= 0.6 is 11.8 Å². The molecule has 0 bridgehead atoms. The first-order chi connectivity index (χ1) is 10.9. The molecule has 2 aromatic rings. The number of hydrogen-bond acceptors (Lipinski definition) is 5. The van der Waals surface area contributed by atoms with E-state index in [1.54, 1.807) is 10.6 Å². The maximum absolute atomic E-state index is 12.8. The molecule has 1 aliphatic rings. The summed E-state index contributed by atoms with van der Waals surface area (Å²) in [5.41, 5.74) is 1.42. The fourth-order valence-electron chi connectivity index (χ4n) is 2.82. The number of alkyl halides is 2. The fourth-order valence-corrected chi connectivity index (χ4v) is 5.22. The van der Waals surface area contributed by atoms with Crippen molar-refractivity contribution in [3.63, 3.8) is 0 Å². The lowest BCUT2D eigenvalue weighted by atomic mass is 10.2. The molecule has 23 heavy (non-hydrogen) atoms. The molecule has 0 aliphatic carbocycles. The Labute approximate surface area is 137 Å². The average Bonchev–Trinajstić information content (AvgIpc) is 2.99. The third-order valence-corrected chi connectivity index (χ3v) is 6.46. The molecule has 126 valence electrons. The van der Waals surface area contributed by atoms with Crippen LogP contribution in [0.5, 0.6) is 0 Å². The van der Waals surface area contributed by atoms with Crippen LogP contribution in [0.2, 0.25) is 0 Å². The lowest BCUT2D eigenvalue weighted by Gasteiger charge is -2.24. The van der Waals surface area contributed by atoms with Gasteiger partial charge in [-0.2, -0.15) is 8.78 Å². The Morgan fingerprint density at radius 2 is 2.17 bits per heavy atom. The fraction of sp³-hybridized carbons (Fsp3) is 0.500. The van der Waals surface area contributed by atoms with Gasteiger partial charge < -0.3 is 4.57 Å². The molecule has 2 heterocycles. The molecule has 5 nitrogen and oxygen atoms in total. The van der Waals surface area contributed by atoms with E-state index in [4.69, 9.17) is 0 Å². The van der Waals surface area contributed by atoms with Crippen LogP contribution in [0.25, 0.3) is 11.0 Å². The molecular weight excluding hydrogens is 344 g/mol. The van der Waals surface area contributed by atoms with Gasteiger partial charge in [-0.05, 0) is 37.4 Å². The molecule has 9 heteroatoms. The molecule has 0 spiro atoms. The number of halogens is 2. The lowest BCUT2D eigenvalue weighted by molar-refractivity contribution is 0.204. The number of fused-ring (bicyclic) bond motifs is 1. The zero-order valence-electron chi connectivity index (χ0n) is 12.5. The lowest BCUT2D eigenvalue weighted by Crippen LogP contribution is -2.34. The van der Waals surface area contributed by atoms with E-state index in [0.717, 1.165) is 5.52 Å². The number of imidazole rings is 1. The summed E-state index contributed by atoms with van der Waals surface area (Å²) in [7, 11) is -1.17. The van der Waals surface area contributed by atoms with Crippen LogP contribution in [0.4, 0.5) is 8.78 Å². The average molecular weight is 361 g/mol. The Kier molecular flexibility index (Phi) is 4.61. The zero-order chi connectivity index (χ0) is 16.6. The second-order valence-electron chi connectivity index (χ2n) is 5.64. The van der Waals surface area contributed by atoms with E-state index >= 15 is 0 Å². The monoisotopic (exact) mass is 361 g/mol. The van der Waals surface area contributed by atoms with Crippen LogP contribution in [0.3, 0.4) is 0 Å². The normalized spacial score (nSPS) is 20.8. The summed E-state index contributed by atoms with van der Waals surface area (Å²) in [6.07, 6.45) is 0.572. The number of sulfone groups is 1. The highest BCUT2D eigenvalue weighted by atomic mass is 32.2. The Morgan fingerprint density at radius 3 is 2.83 bits per heavy atom. The van der Waals surface area contributed by atoms with Crippen LogP contribution in [0.15, 0.2) is 29.4 Å².